The van der Waals surface area contributed by atoms with E-state index in [4.69, 9.17) is 5.11 Å². The molecule has 0 aliphatic heterocycles. The Morgan fingerprint density at radius 2 is 2.30 bits per heavy atom. The molecule has 2 aromatic rings. The first kappa shape index (κ1) is 12.6. The lowest BCUT2D eigenvalue weighted by molar-refractivity contribution is 0.0692. The molecule has 0 atom stereocenters. The Morgan fingerprint density at radius 1 is 1.50 bits per heavy atom. The zero-order valence-corrected chi connectivity index (χ0v) is 10.6. The largest absolute Gasteiger partial charge is 0.478 e. The number of aromatic carboxylic acids is 1. The van der Waals surface area contributed by atoms with Crippen LogP contribution in [0.1, 0.15) is 34.9 Å². The molecular formula is C13H13FN4O2. The minimum Gasteiger partial charge on any atom is -0.478 e. The van der Waals surface area contributed by atoms with Crippen molar-refractivity contribution in [2.45, 2.75) is 25.4 Å². The summed E-state index contributed by atoms with van der Waals surface area (Å²) in [5.41, 5.74) is 1.13. The van der Waals surface area contributed by atoms with Gasteiger partial charge in [0.25, 0.3) is 0 Å². The molecule has 1 heterocycles. The Labute approximate surface area is 114 Å². The van der Waals surface area contributed by atoms with E-state index in [0.29, 0.717) is 18.3 Å². The highest BCUT2D eigenvalue weighted by Crippen LogP contribution is 2.34. The zero-order chi connectivity index (χ0) is 14.1. The summed E-state index contributed by atoms with van der Waals surface area (Å²) in [5, 5.41) is 19.8. The molecule has 1 aromatic carbocycles. The van der Waals surface area contributed by atoms with Crippen molar-refractivity contribution in [3.8, 4) is 0 Å². The first-order valence-corrected chi connectivity index (χ1v) is 6.31. The van der Waals surface area contributed by atoms with E-state index < -0.39 is 11.8 Å². The van der Waals surface area contributed by atoms with Crippen LogP contribution in [0.25, 0.3) is 0 Å². The Bertz CT molecular complexity index is 652. The molecule has 1 fully saturated rings. The fourth-order valence-electron chi connectivity index (χ4n) is 2.01. The van der Waals surface area contributed by atoms with Gasteiger partial charge in [-0.15, -0.1) is 5.10 Å². The fraction of sp³-hybridized carbons (Fsp3) is 0.308. The number of rotatable bonds is 5. The lowest BCUT2D eigenvalue weighted by Gasteiger charge is -2.08. The summed E-state index contributed by atoms with van der Waals surface area (Å²) in [6, 6.07) is 4.36. The molecule has 1 aliphatic carbocycles. The molecule has 1 aliphatic rings. The van der Waals surface area contributed by atoms with Crippen LogP contribution in [-0.2, 0) is 6.54 Å². The van der Waals surface area contributed by atoms with E-state index in [2.05, 4.69) is 15.6 Å². The fourth-order valence-corrected chi connectivity index (χ4v) is 2.01. The number of carboxylic acids is 1. The van der Waals surface area contributed by atoms with Crippen LogP contribution in [0, 0.1) is 5.82 Å². The second kappa shape index (κ2) is 4.92. The van der Waals surface area contributed by atoms with Gasteiger partial charge in [-0.1, -0.05) is 5.21 Å². The molecule has 0 spiro atoms. The number of carbonyl (C=O) groups is 1. The Balaban J connectivity index is 1.73. The molecule has 0 unspecified atom stereocenters. The maximum atomic E-state index is 13.3. The van der Waals surface area contributed by atoms with Gasteiger partial charge in [0.15, 0.2) is 0 Å². The molecule has 3 rings (SSSR count). The predicted molar refractivity (Wildman–Crippen MR) is 69.0 cm³/mol. The Hall–Kier alpha value is -2.44. The first-order chi connectivity index (χ1) is 9.65. The molecule has 1 aromatic heterocycles. The number of halogens is 1. The van der Waals surface area contributed by atoms with Gasteiger partial charge in [0, 0.05) is 5.69 Å². The van der Waals surface area contributed by atoms with Crippen LogP contribution in [0.2, 0.25) is 0 Å². The molecule has 2 N–H and O–H groups in total. The van der Waals surface area contributed by atoms with Crippen molar-refractivity contribution in [3.05, 3.63) is 41.5 Å². The summed E-state index contributed by atoms with van der Waals surface area (Å²) in [7, 11) is 0. The maximum absolute atomic E-state index is 13.3. The van der Waals surface area contributed by atoms with E-state index in [1.165, 1.54) is 12.1 Å². The van der Waals surface area contributed by atoms with Crippen molar-refractivity contribution in [3.63, 3.8) is 0 Å². The quantitative estimate of drug-likeness (QED) is 0.873. The van der Waals surface area contributed by atoms with Gasteiger partial charge in [-0.25, -0.2) is 13.9 Å². The number of carboxylic acid groups (broad SMARTS) is 1. The van der Waals surface area contributed by atoms with Crippen molar-refractivity contribution >= 4 is 11.7 Å². The van der Waals surface area contributed by atoms with Crippen LogP contribution in [0.15, 0.2) is 24.4 Å². The predicted octanol–water partition coefficient (Wildman–Crippen LogP) is 2.06. The molecule has 104 valence electrons. The summed E-state index contributed by atoms with van der Waals surface area (Å²) >= 11 is 0. The van der Waals surface area contributed by atoms with Crippen LogP contribution in [0.4, 0.5) is 10.1 Å². The van der Waals surface area contributed by atoms with Gasteiger partial charge in [-0.2, -0.15) is 0 Å². The summed E-state index contributed by atoms with van der Waals surface area (Å²) in [5.74, 6) is -2.02. The summed E-state index contributed by atoms with van der Waals surface area (Å²) in [4.78, 5) is 10.9. The maximum Gasteiger partial charge on any atom is 0.338 e. The topological polar surface area (TPSA) is 80.0 Å². The molecular weight excluding hydrogens is 263 g/mol. The normalized spacial score (nSPS) is 14.2. The molecule has 0 saturated heterocycles. The van der Waals surface area contributed by atoms with Gasteiger partial charge in [0.05, 0.1) is 30.0 Å². The minimum absolute atomic E-state index is 0.344. The summed E-state index contributed by atoms with van der Waals surface area (Å²) < 4.78 is 15.1. The van der Waals surface area contributed by atoms with Crippen LogP contribution >= 0.6 is 0 Å². The lowest BCUT2D eigenvalue weighted by atomic mass is 10.2. The smallest absolute Gasteiger partial charge is 0.338 e. The SMILES string of the molecule is O=C(O)c1cc(NCc2cnnn2C2CC2)ccc1F. The third kappa shape index (κ3) is 2.47. The van der Waals surface area contributed by atoms with Gasteiger partial charge in [-0.05, 0) is 31.0 Å². The van der Waals surface area contributed by atoms with Crippen LogP contribution in [0.3, 0.4) is 0 Å². The number of nitrogens with zero attached hydrogens (tertiary/aromatic N) is 3. The molecule has 7 heteroatoms. The van der Waals surface area contributed by atoms with Crippen LogP contribution in [0.5, 0.6) is 0 Å². The van der Waals surface area contributed by atoms with Gasteiger partial charge in [0.1, 0.15) is 5.82 Å². The highest BCUT2D eigenvalue weighted by Gasteiger charge is 2.26. The average molecular weight is 276 g/mol. The van der Waals surface area contributed by atoms with Crippen LogP contribution in [-0.4, -0.2) is 26.1 Å². The van der Waals surface area contributed by atoms with Crippen molar-refractivity contribution in [2.75, 3.05) is 5.32 Å². The third-order valence-electron chi connectivity index (χ3n) is 3.21. The van der Waals surface area contributed by atoms with E-state index in [1.54, 1.807) is 6.20 Å². The summed E-state index contributed by atoms with van der Waals surface area (Å²) in [6.07, 6.45) is 3.89. The van der Waals surface area contributed by atoms with Crippen molar-refractivity contribution in [1.29, 1.82) is 0 Å². The first-order valence-electron chi connectivity index (χ1n) is 6.31. The summed E-state index contributed by atoms with van der Waals surface area (Å²) in [6.45, 7) is 0.466. The van der Waals surface area contributed by atoms with Gasteiger partial charge in [-0.3, -0.25) is 0 Å². The van der Waals surface area contributed by atoms with Gasteiger partial charge >= 0.3 is 5.97 Å². The standard InChI is InChI=1S/C13H13FN4O2/c14-12-4-1-8(5-11(12)13(19)20)15-6-10-7-16-17-18(10)9-2-3-9/h1,4-5,7,9,15H,2-3,6H2,(H,19,20). The molecule has 0 radical (unpaired) electrons. The van der Waals surface area contributed by atoms with Crippen LogP contribution < -0.4 is 5.32 Å². The second-order valence-corrected chi connectivity index (χ2v) is 4.75. The lowest BCUT2D eigenvalue weighted by Crippen LogP contribution is -2.09. The molecule has 6 nitrogen and oxygen atoms in total. The number of aromatic nitrogens is 3. The number of hydrogen-bond acceptors (Lipinski definition) is 4. The zero-order valence-electron chi connectivity index (χ0n) is 10.6. The minimum atomic E-state index is -1.28. The monoisotopic (exact) mass is 276 g/mol. The third-order valence-corrected chi connectivity index (χ3v) is 3.21. The molecule has 0 amide bonds. The number of nitrogens with one attached hydrogen (secondary N) is 1. The van der Waals surface area contributed by atoms with E-state index in [9.17, 15) is 9.18 Å². The van der Waals surface area contributed by atoms with E-state index in [1.807, 2.05) is 4.68 Å². The molecule has 1 saturated carbocycles. The van der Waals surface area contributed by atoms with E-state index >= 15 is 0 Å². The van der Waals surface area contributed by atoms with Crippen molar-refractivity contribution in [1.82, 2.24) is 15.0 Å². The number of anilines is 1. The Kier molecular flexibility index (Phi) is 3.09. The second-order valence-electron chi connectivity index (χ2n) is 4.75. The number of hydrogen-bond donors (Lipinski definition) is 2. The Morgan fingerprint density at radius 3 is 3.00 bits per heavy atom. The highest BCUT2D eigenvalue weighted by molar-refractivity contribution is 5.89. The number of benzene rings is 1. The van der Waals surface area contributed by atoms with E-state index in [-0.39, 0.29) is 5.56 Å². The van der Waals surface area contributed by atoms with E-state index in [0.717, 1.165) is 24.6 Å². The van der Waals surface area contributed by atoms with Gasteiger partial charge in [0.2, 0.25) is 0 Å². The average Bonchev–Trinajstić information content (AvgIpc) is 3.16. The van der Waals surface area contributed by atoms with Gasteiger partial charge < -0.3 is 10.4 Å². The van der Waals surface area contributed by atoms with Crippen molar-refractivity contribution < 1.29 is 14.3 Å². The molecule has 0 bridgehead atoms. The molecule has 20 heavy (non-hydrogen) atoms. The highest BCUT2D eigenvalue weighted by atomic mass is 19.1. The van der Waals surface area contributed by atoms with Crippen molar-refractivity contribution in [2.24, 2.45) is 0 Å².